The molecule has 0 bridgehead atoms. The van der Waals surface area contributed by atoms with Gasteiger partial charge in [0.05, 0.1) is 10.6 Å². The lowest BCUT2D eigenvalue weighted by Crippen LogP contribution is -2.40. The zero-order valence-electron chi connectivity index (χ0n) is 8.40. The number of fused-ring (bicyclic) bond motifs is 1. The van der Waals surface area contributed by atoms with Crippen molar-refractivity contribution in [3.63, 3.8) is 0 Å². The zero-order valence-corrected chi connectivity index (χ0v) is 8.40. The van der Waals surface area contributed by atoms with Gasteiger partial charge in [0.2, 0.25) is 0 Å². The molecule has 1 aliphatic rings. The van der Waals surface area contributed by atoms with Gasteiger partial charge in [0.25, 0.3) is 0 Å². The molecule has 4 nitrogen and oxygen atoms in total. The zero-order chi connectivity index (χ0) is 10.7. The predicted octanol–water partition coefficient (Wildman–Crippen LogP) is -0.631. The first kappa shape index (κ1) is 10.1. The number of rotatable bonds is 3. The molecule has 15 heavy (non-hydrogen) atoms. The molecular formula is C11H13NO3. The van der Waals surface area contributed by atoms with Crippen LogP contribution in [0.3, 0.4) is 0 Å². The van der Waals surface area contributed by atoms with Crippen molar-refractivity contribution in [2.75, 3.05) is 13.2 Å². The molecule has 0 saturated carbocycles. The summed E-state index contributed by atoms with van der Waals surface area (Å²) in [6.07, 6.45) is 3.84. The number of hydrogen-bond acceptors (Lipinski definition) is 4. The van der Waals surface area contributed by atoms with Gasteiger partial charge in [-0.05, 0) is 12.8 Å². The first-order valence-corrected chi connectivity index (χ1v) is 5.10. The molecule has 1 aliphatic heterocycles. The average Bonchev–Trinajstić information content (AvgIpc) is 2.26. The van der Waals surface area contributed by atoms with Crippen LogP contribution in [-0.2, 0) is 6.42 Å². The molecule has 1 aromatic rings. The van der Waals surface area contributed by atoms with E-state index in [0.29, 0.717) is 23.8 Å². The average molecular weight is 207 g/mol. The Balaban J connectivity index is 2.47. The Bertz CT molecular complexity index is 516. The first-order valence-electron chi connectivity index (χ1n) is 5.10. The lowest BCUT2D eigenvalue weighted by molar-refractivity contribution is 0.282. The largest absolute Gasteiger partial charge is 0.427 e. The summed E-state index contributed by atoms with van der Waals surface area (Å²) in [5.41, 5.74) is -0.316. The fourth-order valence-corrected chi connectivity index (χ4v) is 1.63. The second kappa shape index (κ2) is 4.40. The van der Waals surface area contributed by atoms with Crippen molar-refractivity contribution in [1.29, 1.82) is 0 Å². The van der Waals surface area contributed by atoms with Crippen molar-refractivity contribution in [1.82, 2.24) is 0 Å². The number of aliphatic hydroxyl groups is 1. The molecule has 0 aromatic carbocycles. The maximum Gasteiger partial charge on any atom is 0.345 e. The highest BCUT2D eigenvalue weighted by molar-refractivity contribution is 5.23. The van der Waals surface area contributed by atoms with Crippen molar-refractivity contribution in [3.8, 4) is 0 Å². The van der Waals surface area contributed by atoms with Crippen LogP contribution in [0.4, 0.5) is 0 Å². The molecule has 0 spiro atoms. The van der Waals surface area contributed by atoms with Crippen molar-refractivity contribution in [2.45, 2.75) is 19.3 Å². The molecule has 0 atom stereocenters. The van der Waals surface area contributed by atoms with E-state index in [0.717, 1.165) is 18.3 Å². The highest BCUT2D eigenvalue weighted by atomic mass is 16.4. The number of aliphatic hydroxyl groups excluding tert-OH is 1. The molecule has 80 valence electrons. The van der Waals surface area contributed by atoms with E-state index in [-0.39, 0.29) is 12.2 Å². The van der Waals surface area contributed by atoms with E-state index in [4.69, 9.17) is 9.52 Å². The summed E-state index contributed by atoms with van der Waals surface area (Å²) in [5.74, 6) is 0.604. The quantitative estimate of drug-likeness (QED) is 0.717. The Labute approximate surface area is 86.6 Å². The van der Waals surface area contributed by atoms with Crippen molar-refractivity contribution >= 4 is 6.08 Å². The molecule has 0 aliphatic carbocycles. The first-order chi connectivity index (χ1) is 7.31. The lowest BCUT2D eigenvalue weighted by atomic mass is 10.2. The second-order valence-electron chi connectivity index (χ2n) is 3.50. The standard InChI is InChI=1S/C11H13NO3/c13-6-2-3-8-7-10-9(11(14)15-8)4-1-5-12-10/h4,7,13H,1-3,5-6H2. The molecule has 0 radical (unpaired) electrons. The van der Waals surface area contributed by atoms with Crippen LogP contribution in [0.2, 0.25) is 0 Å². The lowest BCUT2D eigenvalue weighted by Gasteiger charge is -2.01. The molecule has 0 unspecified atom stereocenters. The van der Waals surface area contributed by atoms with Gasteiger partial charge >= 0.3 is 5.63 Å². The minimum absolute atomic E-state index is 0.101. The van der Waals surface area contributed by atoms with Crippen LogP contribution >= 0.6 is 0 Å². The summed E-state index contributed by atoms with van der Waals surface area (Å²) < 4.78 is 5.12. The maximum atomic E-state index is 11.5. The Kier molecular flexibility index (Phi) is 2.97. The highest BCUT2D eigenvalue weighted by Gasteiger charge is 2.04. The molecule has 2 rings (SSSR count). The molecule has 0 fully saturated rings. The third kappa shape index (κ3) is 2.15. The number of aryl methyl sites for hydroxylation is 1. The summed E-state index contributed by atoms with van der Waals surface area (Å²) in [6, 6.07) is 1.79. The third-order valence-electron chi connectivity index (χ3n) is 2.36. The van der Waals surface area contributed by atoms with Crippen LogP contribution in [0.1, 0.15) is 18.6 Å². The van der Waals surface area contributed by atoms with Gasteiger partial charge in [-0.3, -0.25) is 4.99 Å². The van der Waals surface area contributed by atoms with E-state index in [1.165, 1.54) is 0 Å². The summed E-state index contributed by atoms with van der Waals surface area (Å²) in [5, 5.41) is 9.99. The van der Waals surface area contributed by atoms with Crippen LogP contribution in [0, 0.1) is 0 Å². The maximum absolute atomic E-state index is 11.5. The highest BCUT2D eigenvalue weighted by Crippen LogP contribution is 1.96. The molecule has 1 N–H and O–H groups in total. The van der Waals surface area contributed by atoms with Gasteiger partial charge < -0.3 is 9.52 Å². The fourth-order valence-electron chi connectivity index (χ4n) is 1.63. The normalized spacial score (nSPS) is 13.9. The minimum Gasteiger partial charge on any atom is -0.427 e. The van der Waals surface area contributed by atoms with Crippen LogP contribution in [0.25, 0.3) is 6.08 Å². The van der Waals surface area contributed by atoms with Gasteiger partial charge in [0, 0.05) is 25.6 Å². The molecule has 0 amide bonds. The monoisotopic (exact) mass is 207 g/mol. The Morgan fingerprint density at radius 1 is 1.53 bits per heavy atom. The predicted molar refractivity (Wildman–Crippen MR) is 55.1 cm³/mol. The van der Waals surface area contributed by atoms with E-state index in [1.807, 2.05) is 6.08 Å². The summed E-state index contributed by atoms with van der Waals surface area (Å²) in [4.78, 5) is 15.8. The number of hydrogen-bond donors (Lipinski definition) is 1. The summed E-state index contributed by atoms with van der Waals surface area (Å²) in [7, 11) is 0. The third-order valence-corrected chi connectivity index (χ3v) is 2.36. The smallest absolute Gasteiger partial charge is 0.345 e. The molecule has 1 aromatic heterocycles. The molecule has 2 heterocycles. The van der Waals surface area contributed by atoms with E-state index in [9.17, 15) is 4.79 Å². The topological polar surface area (TPSA) is 62.8 Å². The Morgan fingerprint density at radius 2 is 2.40 bits per heavy atom. The Hall–Kier alpha value is -1.42. The van der Waals surface area contributed by atoms with E-state index in [1.54, 1.807) is 6.07 Å². The molecular weight excluding hydrogens is 194 g/mol. The van der Waals surface area contributed by atoms with Crippen LogP contribution < -0.4 is 16.2 Å². The number of nitrogens with zero attached hydrogens (tertiary/aromatic N) is 1. The van der Waals surface area contributed by atoms with Crippen LogP contribution in [-0.4, -0.2) is 18.3 Å². The van der Waals surface area contributed by atoms with Gasteiger partial charge in [0.15, 0.2) is 0 Å². The van der Waals surface area contributed by atoms with Crippen LogP contribution in [0.5, 0.6) is 0 Å². The van der Waals surface area contributed by atoms with Gasteiger partial charge in [-0.1, -0.05) is 6.08 Å². The van der Waals surface area contributed by atoms with Crippen molar-refractivity contribution in [3.05, 3.63) is 32.8 Å². The van der Waals surface area contributed by atoms with E-state index >= 15 is 0 Å². The minimum atomic E-state index is -0.316. The summed E-state index contributed by atoms with van der Waals surface area (Å²) in [6.45, 7) is 0.833. The molecule has 4 heteroatoms. The summed E-state index contributed by atoms with van der Waals surface area (Å²) >= 11 is 0. The van der Waals surface area contributed by atoms with Gasteiger partial charge in [-0.15, -0.1) is 0 Å². The van der Waals surface area contributed by atoms with Gasteiger partial charge in [-0.25, -0.2) is 4.79 Å². The van der Waals surface area contributed by atoms with Crippen LogP contribution in [0.15, 0.2) is 20.3 Å². The molecule has 0 saturated heterocycles. The fraction of sp³-hybridized carbons (Fsp3) is 0.455. The van der Waals surface area contributed by atoms with Crippen molar-refractivity contribution in [2.24, 2.45) is 4.99 Å². The van der Waals surface area contributed by atoms with E-state index in [2.05, 4.69) is 4.99 Å². The van der Waals surface area contributed by atoms with Gasteiger partial charge in [0.1, 0.15) is 5.76 Å². The second-order valence-corrected chi connectivity index (χ2v) is 3.50. The SMILES string of the molecule is O=c1oc(CCCO)cc2c1=CCCN=2. The Morgan fingerprint density at radius 3 is 3.20 bits per heavy atom. The van der Waals surface area contributed by atoms with E-state index < -0.39 is 0 Å². The van der Waals surface area contributed by atoms with Gasteiger partial charge in [-0.2, -0.15) is 0 Å². The van der Waals surface area contributed by atoms with Crippen molar-refractivity contribution < 1.29 is 9.52 Å².